The molecule has 162 valence electrons. The van der Waals surface area contributed by atoms with E-state index in [1.807, 2.05) is 19.9 Å². The summed E-state index contributed by atoms with van der Waals surface area (Å²) in [6.07, 6.45) is 0.824. The van der Waals surface area contributed by atoms with Crippen LogP contribution in [0, 0.1) is 6.92 Å². The summed E-state index contributed by atoms with van der Waals surface area (Å²) in [7, 11) is 4.55. The Morgan fingerprint density at radius 1 is 1.30 bits per heavy atom. The summed E-state index contributed by atoms with van der Waals surface area (Å²) >= 11 is 0. The minimum atomic E-state index is -0.423. The molecule has 2 atom stereocenters. The number of anilines is 1. The normalized spacial score (nSPS) is 18.4. The fraction of sp³-hybridized carbons (Fsp3) is 0.500. The predicted molar refractivity (Wildman–Crippen MR) is 111 cm³/mol. The number of nitrogens with one attached hydrogen (secondary N) is 1. The van der Waals surface area contributed by atoms with Crippen molar-refractivity contribution in [1.29, 1.82) is 0 Å². The highest BCUT2D eigenvalue weighted by Crippen LogP contribution is 2.23. The Bertz CT molecular complexity index is 977. The Hall–Kier alpha value is -3.14. The number of ether oxygens (including phenoxy) is 3. The Balaban J connectivity index is 1.87. The van der Waals surface area contributed by atoms with Gasteiger partial charge in [-0.25, -0.2) is 14.8 Å². The number of rotatable bonds is 6. The number of aryl methyl sites for hydroxylation is 1. The average Bonchev–Trinajstić information content (AvgIpc) is 3.14. The van der Waals surface area contributed by atoms with Crippen molar-refractivity contribution < 1.29 is 19.0 Å². The lowest BCUT2D eigenvalue weighted by atomic mass is 10.2. The number of carbonyl (C=O) groups excluding carboxylic acids is 1. The molecule has 10 heteroatoms. The first-order valence-corrected chi connectivity index (χ1v) is 9.68. The van der Waals surface area contributed by atoms with Crippen LogP contribution in [0.25, 0.3) is 11.4 Å². The largest absolute Gasteiger partial charge is 0.481 e. The maximum absolute atomic E-state index is 13.0. The molecule has 0 saturated carbocycles. The van der Waals surface area contributed by atoms with Crippen LogP contribution in [0.1, 0.15) is 12.6 Å². The summed E-state index contributed by atoms with van der Waals surface area (Å²) in [5, 5.41) is 3.20. The van der Waals surface area contributed by atoms with E-state index in [0.29, 0.717) is 42.8 Å². The van der Waals surface area contributed by atoms with Crippen molar-refractivity contribution in [3.8, 4) is 17.3 Å². The van der Waals surface area contributed by atoms with Gasteiger partial charge in [0.15, 0.2) is 0 Å². The molecular formula is C20H27N5O5. The molecule has 0 unspecified atom stereocenters. The maximum Gasteiger partial charge on any atom is 0.409 e. The van der Waals surface area contributed by atoms with E-state index in [-0.39, 0.29) is 17.7 Å². The second-order valence-corrected chi connectivity index (χ2v) is 6.97. The predicted octanol–water partition coefficient (Wildman–Crippen LogP) is 1.43. The molecule has 1 N–H and O–H groups in total. The Labute approximate surface area is 174 Å². The van der Waals surface area contributed by atoms with Crippen molar-refractivity contribution in [1.82, 2.24) is 19.4 Å². The van der Waals surface area contributed by atoms with Crippen LogP contribution in [-0.4, -0.2) is 71.6 Å². The zero-order valence-corrected chi connectivity index (χ0v) is 17.8. The number of aromatic nitrogens is 3. The summed E-state index contributed by atoms with van der Waals surface area (Å²) in [5.41, 5.74) is 1.55. The van der Waals surface area contributed by atoms with E-state index < -0.39 is 6.09 Å². The van der Waals surface area contributed by atoms with E-state index >= 15 is 0 Å². The minimum Gasteiger partial charge on any atom is -0.481 e. The van der Waals surface area contributed by atoms with Crippen molar-refractivity contribution in [2.24, 2.45) is 7.05 Å². The zero-order valence-electron chi connectivity index (χ0n) is 17.8. The maximum atomic E-state index is 13.0. The van der Waals surface area contributed by atoms with Gasteiger partial charge in [0.2, 0.25) is 5.88 Å². The SMILES string of the molecule is CCO[C@H]1CN(C(=O)OC)C[C@H]1Nc1cnc(-c2ccc(OC)nc2C)n(C)c1=O. The lowest BCUT2D eigenvalue weighted by molar-refractivity contribution is 0.0614. The van der Waals surface area contributed by atoms with Gasteiger partial charge >= 0.3 is 6.09 Å². The number of carbonyl (C=O) groups is 1. The fourth-order valence-corrected chi connectivity index (χ4v) is 3.56. The molecule has 2 aromatic rings. The highest BCUT2D eigenvalue weighted by molar-refractivity contribution is 5.68. The van der Waals surface area contributed by atoms with Crippen LogP contribution in [0.5, 0.6) is 5.88 Å². The van der Waals surface area contributed by atoms with Gasteiger partial charge in [-0.15, -0.1) is 0 Å². The number of nitrogens with zero attached hydrogens (tertiary/aromatic N) is 4. The number of likely N-dealkylation sites (tertiary alicyclic amines) is 1. The van der Waals surface area contributed by atoms with Crippen molar-refractivity contribution in [2.45, 2.75) is 26.0 Å². The van der Waals surface area contributed by atoms with Gasteiger partial charge in [0.25, 0.3) is 5.56 Å². The van der Waals surface area contributed by atoms with E-state index in [0.717, 1.165) is 5.56 Å². The molecule has 0 aliphatic carbocycles. The summed E-state index contributed by atoms with van der Waals surface area (Å²) in [6, 6.07) is 3.30. The van der Waals surface area contributed by atoms with Gasteiger partial charge in [0.05, 0.1) is 44.8 Å². The molecule has 3 heterocycles. The van der Waals surface area contributed by atoms with Crippen LogP contribution in [0.3, 0.4) is 0 Å². The molecular weight excluding hydrogens is 390 g/mol. The number of amides is 1. The van der Waals surface area contributed by atoms with Crippen molar-refractivity contribution >= 4 is 11.8 Å². The van der Waals surface area contributed by atoms with E-state index in [2.05, 4.69) is 15.3 Å². The number of hydrogen-bond donors (Lipinski definition) is 1. The third kappa shape index (κ3) is 4.23. The van der Waals surface area contributed by atoms with Gasteiger partial charge in [-0.05, 0) is 19.9 Å². The summed E-state index contributed by atoms with van der Waals surface area (Å²) in [6.45, 7) is 4.97. The molecule has 30 heavy (non-hydrogen) atoms. The average molecular weight is 417 g/mol. The Morgan fingerprint density at radius 3 is 2.70 bits per heavy atom. The van der Waals surface area contributed by atoms with Gasteiger partial charge in [-0.3, -0.25) is 9.36 Å². The molecule has 3 rings (SSSR count). The van der Waals surface area contributed by atoms with Gasteiger partial charge in [-0.2, -0.15) is 0 Å². The first-order chi connectivity index (χ1) is 14.4. The lowest BCUT2D eigenvalue weighted by Crippen LogP contribution is -2.37. The molecule has 0 aromatic carbocycles. The van der Waals surface area contributed by atoms with Gasteiger partial charge in [0.1, 0.15) is 11.5 Å². The molecule has 1 aliphatic heterocycles. The van der Waals surface area contributed by atoms with Gasteiger partial charge in [-0.1, -0.05) is 0 Å². The second kappa shape index (κ2) is 9.12. The topological polar surface area (TPSA) is 108 Å². The number of hydrogen-bond acceptors (Lipinski definition) is 8. The van der Waals surface area contributed by atoms with E-state index in [1.54, 1.807) is 25.1 Å². The lowest BCUT2D eigenvalue weighted by Gasteiger charge is -2.20. The van der Waals surface area contributed by atoms with Crippen molar-refractivity contribution in [3.63, 3.8) is 0 Å². The molecule has 0 bridgehead atoms. The van der Waals surface area contributed by atoms with Crippen LogP contribution < -0.4 is 15.6 Å². The molecule has 10 nitrogen and oxygen atoms in total. The zero-order chi connectivity index (χ0) is 21.8. The Kier molecular flexibility index (Phi) is 6.56. The molecule has 1 amide bonds. The number of pyridine rings is 1. The molecule has 0 radical (unpaired) electrons. The summed E-state index contributed by atoms with van der Waals surface area (Å²) in [4.78, 5) is 35.3. The highest BCUT2D eigenvalue weighted by Gasteiger charge is 2.37. The van der Waals surface area contributed by atoms with E-state index in [1.165, 1.54) is 17.9 Å². The standard InChI is InChI=1S/C20H27N5O5/c1-6-30-16-11-25(20(27)29-5)10-15(16)23-14-9-21-18(24(3)19(14)26)13-7-8-17(28-4)22-12(13)2/h7-9,15-16,23H,6,10-11H2,1-5H3/t15-,16+/m1/s1. The minimum absolute atomic E-state index is 0.234. The second-order valence-electron chi connectivity index (χ2n) is 6.97. The molecule has 1 fully saturated rings. The van der Waals surface area contributed by atoms with Crippen LogP contribution >= 0.6 is 0 Å². The van der Waals surface area contributed by atoms with E-state index in [9.17, 15) is 9.59 Å². The summed E-state index contributed by atoms with van der Waals surface area (Å²) in [5.74, 6) is 1.00. The first kappa shape index (κ1) is 21.6. The quantitative estimate of drug-likeness (QED) is 0.752. The molecule has 2 aromatic heterocycles. The summed E-state index contributed by atoms with van der Waals surface area (Å²) < 4.78 is 17.2. The van der Waals surface area contributed by atoms with Crippen LogP contribution in [0.2, 0.25) is 0 Å². The molecule has 1 aliphatic rings. The number of methoxy groups -OCH3 is 2. The van der Waals surface area contributed by atoms with E-state index in [4.69, 9.17) is 14.2 Å². The first-order valence-electron chi connectivity index (χ1n) is 9.68. The van der Waals surface area contributed by atoms with Crippen LogP contribution in [-0.2, 0) is 16.5 Å². The fourth-order valence-electron chi connectivity index (χ4n) is 3.56. The van der Waals surface area contributed by atoms with Gasteiger partial charge < -0.3 is 24.4 Å². The van der Waals surface area contributed by atoms with Crippen molar-refractivity contribution in [2.75, 3.05) is 39.2 Å². The third-order valence-corrected chi connectivity index (χ3v) is 5.10. The molecule has 1 saturated heterocycles. The van der Waals surface area contributed by atoms with Crippen LogP contribution in [0.15, 0.2) is 23.1 Å². The van der Waals surface area contributed by atoms with Gasteiger partial charge in [0, 0.05) is 31.8 Å². The highest BCUT2D eigenvalue weighted by atomic mass is 16.5. The van der Waals surface area contributed by atoms with Crippen molar-refractivity contribution in [3.05, 3.63) is 34.4 Å². The monoisotopic (exact) mass is 417 g/mol. The smallest absolute Gasteiger partial charge is 0.409 e. The molecule has 0 spiro atoms. The Morgan fingerprint density at radius 2 is 2.07 bits per heavy atom. The third-order valence-electron chi connectivity index (χ3n) is 5.10. The van der Waals surface area contributed by atoms with Crippen LogP contribution in [0.4, 0.5) is 10.5 Å².